The Labute approximate surface area is 482 Å². The number of likely N-dealkylation sites (tertiary alicyclic amines) is 2. The minimum Gasteiger partial charge on any atom is -0.493 e. The van der Waals surface area contributed by atoms with Crippen molar-refractivity contribution in [3.05, 3.63) is 77.9 Å². The van der Waals surface area contributed by atoms with E-state index in [1.54, 1.807) is 68.7 Å². The number of nitrogens with zero attached hydrogens (tertiary/aromatic N) is 2. The van der Waals surface area contributed by atoms with E-state index in [4.69, 9.17) is 42.6 Å². The van der Waals surface area contributed by atoms with E-state index in [0.717, 1.165) is 0 Å². The number of hydrogen-bond acceptors (Lipinski definition) is 18. The monoisotopic (exact) mass is 1160 g/mol. The Morgan fingerprint density at radius 3 is 1.60 bits per heavy atom. The smallest absolute Gasteiger partial charge is 0.412 e. The Balaban J connectivity index is 1.28. The summed E-state index contributed by atoms with van der Waals surface area (Å²) in [5.41, 5.74) is 0.279. The maximum atomic E-state index is 14.3. The lowest BCUT2D eigenvalue weighted by molar-refractivity contribution is -0.143. The van der Waals surface area contributed by atoms with Gasteiger partial charge in [0, 0.05) is 51.2 Å². The summed E-state index contributed by atoms with van der Waals surface area (Å²) < 4.78 is 50.2. The van der Waals surface area contributed by atoms with Crippen molar-refractivity contribution < 1.29 is 85.8 Å². The van der Waals surface area contributed by atoms with Gasteiger partial charge in [0.05, 0.1) is 62.0 Å². The molecule has 4 atom stereocenters. The fourth-order valence-corrected chi connectivity index (χ4v) is 8.79. The highest BCUT2D eigenvalue weighted by molar-refractivity contribution is 6.05. The molecule has 5 N–H and O–H groups in total. The van der Waals surface area contributed by atoms with Crippen molar-refractivity contribution in [2.45, 2.75) is 124 Å². The van der Waals surface area contributed by atoms with E-state index in [1.807, 2.05) is 0 Å². The first-order chi connectivity index (χ1) is 39.4. The molecule has 0 saturated carbocycles. The van der Waals surface area contributed by atoms with Gasteiger partial charge in [-0.1, -0.05) is 38.6 Å². The van der Waals surface area contributed by atoms with Gasteiger partial charge in [-0.15, -0.1) is 0 Å². The summed E-state index contributed by atoms with van der Waals surface area (Å²) in [6.07, 6.45) is 1.58. The summed E-state index contributed by atoms with van der Waals surface area (Å²) >= 11 is 0. The Hall–Kier alpha value is -8.77. The predicted molar refractivity (Wildman–Crippen MR) is 303 cm³/mol. The third-order valence-corrected chi connectivity index (χ3v) is 12.9. The van der Waals surface area contributed by atoms with Gasteiger partial charge in [0.25, 0.3) is 11.8 Å². The minimum absolute atomic E-state index is 0.0134. The van der Waals surface area contributed by atoms with Crippen molar-refractivity contribution in [3.63, 3.8) is 0 Å². The number of ether oxygens (including phenoxy) is 9. The number of alkyl carbamates (subject to hydrolysis) is 1. The molecule has 25 nitrogen and oxygen atoms in total. The lowest BCUT2D eigenvalue weighted by Crippen LogP contribution is -2.53. The van der Waals surface area contributed by atoms with Crippen molar-refractivity contribution in [3.8, 4) is 23.0 Å². The van der Waals surface area contributed by atoms with Crippen LogP contribution in [0.25, 0.3) is 0 Å². The van der Waals surface area contributed by atoms with Gasteiger partial charge in [-0.05, 0) is 89.1 Å². The zero-order valence-corrected chi connectivity index (χ0v) is 48.7. The summed E-state index contributed by atoms with van der Waals surface area (Å²) in [7, 11) is 2.79. The van der Waals surface area contributed by atoms with Crippen molar-refractivity contribution in [2.24, 2.45) is 5.92 Å². The number of rotatable bonds is 26. The normalized spacial score (nSPS) is 15.4. The first-order valence-corrected chi connectivity index (χ1v) is 27.2. The van der Waals surface area contributed by atoms with Crippen molar-refractivity contribution >= 4 is 70.9 Å². The van der Waals surface area contributed by atoms with E-state index in [0.29, 0.717) is 50.0 Å². The first kappa shape index (κ1) is 65.0. The van der Waals surface area contributed by atoms with E-state index < -0.39 is 77.6 Å². The molecule has 0 aliphatic carbocycles. The Bertz CT molecular complexity index is 2820. The molecule has 3 aromatic rings. The van der Waals surface area contributed by atoms with E-state index >= 15 is 0 Å². The maximum Gasteiger partial charge on any atom is 0.412 e. The molecule has 7 amide bonds. The van der Waals surface area contributed by atoms with Gasteiger partial charge in [-0.2, -0.15) is 0 Å². The standard InChI is InChI=1S/C58H77N7O18/c1-12-24-79-56(73)63-50(34(2)3)52(69)59-35(4)51(68)60-39-20-18-38(19-21-39)31-82-55(72)61-44-29-48(46(75-10)27-42(44)53(70)64-22-13-16-40(64)32-80-36(5)66)77-25-15-26-78-49-30-45(62-57(74)83-58(7,8)9)43(28-47(49)76-11)54(71)65-23-14-17-41(65)33-81-37(6)67/h12,18-21,27-30,34-35,40-41,50H,1,13-17,22-26,31-33H2,2-11H3,(H,59,69)(H,60,68)(H,61,72)(H,62,74)(H,63,73)/t35-,40-,41-,50-/m0/s1. The molecule has 2 aliphatic rings. The van der Waals surface area contributed by atoms with Crippen molar-refractivity contribution in [2.75, 3.05) is 76.3 Å². The third kappa shape index (κ3) is 19.7. The summed E-state index contributed by atoms with van der Waals surface area (Å²) in [4.78, 5) is 120. The molecule has 2 heterocycles. The van der Waals surface area contributed by atoms with E-state index in [2.05, 4.69) is 33.2 Å². The Morgan fingerprint density at radius 2 is 1.14 bits per heavy atom. The fourth-order valence-electron chi connectivity index (χ4n) is 8.79. The van der Waals surface area contributed by atoms with Crippen LogP contribution in [0.5, 0.6) is 23.0 Å². The molecule has 0 unspecified atom stereocenters. The third-order valence-electron chi connectivity index (χ3n) is 12.9. The molecule has 83 heavy (non-hydrogen) atoms. The number of nitrogens with one attached hydrogen (secondary N) is 5. The van der Waals surface area contributed by atoms with Crippen LogP contribution >= 0.6 is 0 Å². The molecule has 0 radical (unpaired) electrons. The molecule has 5 rings (SSSR count). The van der Waals surface area contributed by atoms with Crippen LogP contribution in [-0.4, -0.2) is 154 Å². The van der Waals surface area contributed by atoms with Crippen LogP contribution in [-0.2, 0) is 49.5 Å². The number of amides is 7. The molecular formula is C58H77N7O18. The topological polar surface area (TPSA) is 303 Å². The number of methoxy groups -OCH3 is 2. The molecular weight excluding hydrogens is 1080 g/mol. The molecule has 2 saturated heterocycles. The molecule has 25 heteroatoms. The Kier molecular flexibility index (Phi) is 24.2. The predicted octanol–water partition coefficient (Wildman–Crippen LogP) is 7.36. The zero-order valence-electron chi connectivity index (χ0n) is 48.7. The highest BCUT2D eigenvalue weighted by Gasteiger charge is 2.35. The van der Waals surface area contributed by atoms with Gasteiger partial charge in [-0.3, -0.25) is 39.4 Å². The number of hydrogen-bond donors (Lipinski definition) is 5. The molecule has 2 fully saturated rings. The minimum atomic E-state index is -0.996. The number of esters is 2. The largest absolute Gasteiger partial charge is 0.493 e. The van der Waals surface area contributed by atoms with Crippen molar-refractivity contribution in [1.82, 2.24) is 20.4 Å². The van der Waals surface area contributed by atoms with Crippen LogP contribution in [0, 0.1) is 5.92 Å². The van der Waals surface area contributed by atoms with Gasteiger partial charge >= 0.3 is 30.2 Å². The van der Waals surface area contributed by atoms with Gasteiger partial charge in [0.2, 0.25) is 11.8 Å². The van der Waals surface area contributed by atoms with Gasteiger partial charge in [0.15, 0.2) is 23.0 Å². The highest BCUT2D eigenvalue weighted by Crippen LogP contribution is 2.38. The van der Waals surface area contributed by atoms with E-state index in [-0.39, 0.29) is 104 Å². The van der Waals surface area contributed by atoms with E-state index in [9.17, 15) is 43.2 Å². The lowest BCUT2D eigenvalue weighted by Gasteiger charge is -2.26. The van der Waals surface area contributed by atoms with Crippen LogP contribution in [0.4, 0.5) is 31.4 Å². The van der Waals surface area contributed by atoms with E-state index in [1.165, 1.54) is 65.3 Å². The van der Waals surface area contributed by atoms with Crippen LogP contribution < -0.4 is 45.5 Å². The fraction of sp³-hybridized carbons (Fsp3) is 0.500. The molecule has 452 valence electrons. The van der Waals surface area contributed by atoms with Crippen LogP contribution in [0.2, 0.25) is 0 Å². The Morgan fingerprint density at radius 1 is 0.639 bits per heavy atom. The number of benzene rings is 3. The maximum absolute atomic E-state index is 14.3. The lowest BCUT2D eigenvalue weighted by atomic mass is 10.0. The number of carbonyl (C=O) groups excluding carboxylic acids is 9. The van der Waals surface area contributed by atoms with Gasteiger partial charge < -0.3 is 68.4 Å². The average molecular weight is 1160 g/mol. The molecule has 0 spiro atoms. The summed E-state index contributed by atoms with van der Waals surface area (Å²) in [5, 5.41) is 13.2. The van der Waals surface area contributed by atoms with Crippen molar-refractivity contribution in [1.29, 1.82) is 0 Å². The zero-order chi connectivity index (χ0) is 61.0. The summed E-state index contributed by atoms with van der Waals surface area (Å²) in [6.45, 7) is 16.6. The van der Waals surface area contributed by atoms with Crippen LogP contribution in [0.3, 0.4) is 0 Å². The second-order valence-corrected chi connectivity index (χ2v) is 20.8. The highest BCUT2D eigenvalue weighted by atomic mass is 16.6. The van der Waals surface area contributed by atoms with Gasteiger partial charge in [0.1, 0.15) is 44.1 Å². The second kappa shape index (κ2) is 30.9. The molecule has 0 aromatic heterocycles. The quantitative estimate of drug-likeness (QED) is 0.0227. The summed E-state index contributed by atoms with van der Waals surface area (Å²) in [5.74, 6) is -2.67. The van der Waals surface area contributed by atoms with Crippen LogP contribution in [0.15, 0.2) is 61.2 Å². The molecule has 0 bridgehead atoms. The number of anilines is 3. The average Bonchev–Trinajstić information content (AvgIpc) is 4.06. The molecule has 2 aliphatic heterocycles. The first-order valence-electron chi connectivity index (χ1n) is 27.2. The van der Waals surface area contributed by atoms with Gasteiger partial charge in [-0.25, -0.2) is 14.4 Å². The molecule has 3 aromatic carbocycles. The second-order valence-electron chi connectivity index (χ2n) is 20.8. The van der Waals surface area contributed by atoms with Crippen LogP contribution in [0.1, 0.15) is 114 Å². The number of carbonyl (C=O) groups is 9. The SMILES string of the molecule is C=CCOC(=O)N[C@H](C(=O)N[C@@H](C)C(=O)Nc1ccc(COC(=O)Nc2cc(OCCCOc3cc(NC(=O)OC(C)(C)C)c(C(=O)N4CCC[C@H]4COC(C)=O)cc3OC)c(OC)cc2C(=O)N2CCC[C@H]2COC(C)=O)cc1)C(C)C. The summed E-state index contributed by atoms with van der Waals surface area (Å²) in [6, 6.07) is 9.36.